The fourth-order valence-corrected chi connectivity index (χ4v) is 3.78. The molecule has 1 aromatic carbocycles. The second kappa shape index (κ2) is 11.4. The second-order valence-corrected chi connectivity index (χ2v) is 9.25. The van der Waals surface area contributed by atoms with Crippen molar-refractivity contribution in [2.75, 3.05) is 11.9 Å². The molecule has 34 heavy (non-hydrogen) atoms. The minimum atomic E-state index is -4.64. The van der Waals surface area contributed by atoms with E-state index in [-0.39, 0.29) is 0 Å². The average molecular weight is 559 g/mol. The average Bonchev–Trinajstić information content (AvgIpc) is 3.36. The first kappa shape index (κ1) is 27.0. The summed E-state index contributed by atoms with van der Waals surface area (Å²) >= 11 is 18.1. The van der Waals surface area contributed by atoms with Gasteiger partial charge in [-0.2, -0.15) is 0 Å². The van der Waals surface area contributed by atoms with Crippen LogP contribution in [0.2, 0.25) is 15.1 Å². The van der Waals surface area contributed by atoms with Crippen molar-refractivity contribution in [3.8, 4) is 0 Å². The summed E-state index contributed by atoms with van der Waals surface area (Å²) in [5.74, 6) is 0.648. The Balaban J connectivity index is 0.000000204. The molecule has 0 radical (unpaired) electrons. The minimum absolute atomic E-state index is 0.349. The Bertz CT molecular complexity index is 1180. The van der Waals surface area contributed by atoms with Crippen molar-refractivity contribution in [3.05, 3.63) is 45.4 Å². The summed E-state index contributed by atoms with van der Waals surface area (Å²) < 4.78 is 18.9. The molecule has 4 atom stereocenters. The third kappa shape index (κ3) is 6.74. The van der Waals surface area contributed by atoms with E-state index >= 15 is 0 Å². The van der Waals surface area contributed by atoms with Gasteiger partial charge in [-0.25, -0.2) is 19.5 Å². The summed E-state index contributed by atoms with van der Waals surface area (Å²) in [4.78, 5) is 31.9. The number of anilines is 1. The maximum atomic E-state index is 10.3. The van der Waals surface area contributed by atoms with Gasteiger partial charge >= 0.3 is 7.82 Å². The van der Waals surface area contributed by atoms with Crippen LogP contribution in [0, 0.1) is 0 Å². The molecule has 0 bridgehead atoms. The van der Waals surface area contributed by atoms with Gasteiger partial charge in [0.15, 0.2) is 17.8 Å². The van der Waals surface area contributed by atoms with E-state index in [0.717, 1.165) is 11.1 Å². The molecule has 13 nitrogen and oxygen atoms in total. The Morgan fingerprint density at radius 3 is 2.47 bits per heavy atom. The third-order valence-corrected chi connectivity index (χ3v) is 6.35. The highest BCUT2D eigenvalue weighted by molar-refractivity contribution is 7.46. The SMILES string of the molecule is Clc1ccc(CNc2ncnc3nc[nH]c23)c(Cl)c1Cl.O=P(O)(O)OC[C@H]1OC(O)[C@H](O)[C@@H]1O. The first-order valence-electron chi connectivity index (χ1n) is 9.38. The standard InChI is InChI=1S/C12H8Cl3N5.C5H11O8P/c13-7-2-1-6(8(14)9(7)15)3-16-11-10-12(18-4-17-10)20-5-19-11;6-3-2(1-12-14(9,10)11)13-5(8)4(3)7/h1-2,4-5H,3H2,(H2,16,17,18,19,20);2-8H,1H2,(H2,9,10,11)/t;2-,3-,4-,5?/m.1/s1. The number of rotatable bonds is 6. The highest BCUT2D eigenvalue weighted by Crippen LogP contribution is 2.37. The number of nitrogens with one attached hydrogen (secondary N) is 2. The number of imidazole rings is 1. The van der Waals surface area contributed by atoms with Gasteiger partial charge in [0, 0.05) is 6.54 Å². The molecule has 3 heterocycles. The van der Waals surface area contributed by atoms with E-state index < -0.39 is 39.0 Å². The molecule has 4 rings (SSSR count). The predicted octanol–water partition coefficient (Wildman–Crippen LogP) is 1.46. The lowest BCUT2D eigenvalue weighted by atomic mass is 10.1. The Kier molecular flexibility index (Phi) is 9.06. The molecule has 0 aliphatic carbocycles. The van der Waals surface area contributed by atoms with Gasteiger partial charge in [-0.15, -0.1) is 0 Å². The van der Waals surface area contributed by atoms with Gasteiger partial charge in [-0.1, -0.05) is 40.9 Å². The van der Waals surface area contributed by atoms with Crippen LogP contribution in [0.1, 0.15) is 5.56 Å². The lowest BCUT2D eigenvalue weighted by Crippen LogP contribution is -2.34. The quantitative estimate of drug-likeness (QED) is 0.170. The fraction of sp³-hybridized carbons (Fsp3) is 0.353. The Morgan fingerprint density at radius 2 is 1.82 bits per heavy atom. The molecular formula is C17H19Cl3N5O8P. The first-order chi connectivity index (χ1) is 16.0. The van der Waals surface area contributed by atoms with E-state index in [4.69, 9.17) is 59.9 Å². The number of nitrogens with zero attached hydrogens (tertiary/aromatic N) is 3. The molecule has 1 saturated heterocycles. The van der Waals surface area contributed by atoms with Crippen molar-refractivity contribution in [3.63, 3.8) is 0 Å². The number of benzene rings is 1. The van der Waals surface area contributed by atoms with Gasteiger partial charge in [0.1, 0.15) is 30.2 Å². The topological polar surface area (TPSA) is 203 Å². The fourth-order valence-electron chi connectivity index (χ4n) is 2.82. The van der Waals surface area contributed by atoms with E-state index in [2.05, 4.69) is 34.5 Å². The van der Waals surface area contributed by atoms with Gasteiger partial charge < -0.3 is 40.1 Å². The maximum absolute atomic E-state index is 10.3. The smallest absolute Gasteiger partial charge is 0.387 e. The van der Waals surface area contributed by atoms with Gasteiger partial charge in [-0.05, 0) is 11.6 Å². The third-order valence-electron chi connectivity index (χ3n) is 4.53. The van der Waals surface area contributed by atoms with E-state index in [1.807, 2.05) is 6.07 Å². The Hall–Kier alpha value is -1.61. The van der Waals surface area contributed by atoms with E-state index in [1.165, 1.54) is 6.33 Å². The Labute approximate surface area is 206 Å². The van der Waals surface area contributed by atoms with Crippen molar-refractivity contribution < 1.29 is 38.9 Å². The summed E-state index contributed by atoms with van der Waals surface area (Å²) in [6.45, 7) is -0.152. The zero-order valence-corrected chi connectivity index (χ0v) is 20.1. The number of ether oxygens (including phenoxy) is 1. The zero-order valence-electron chi connectivity index (χ0n) is 16.9. The van der Waals surface area contributed by atoms with Crippen LogP contribution in [0.25, 0.3) is 11.2 Å². The number of aliphatic hydroxyl groups is 3. The van der Waals surface area contributed by atoms with Crippen molar-refractivity contribution in [1.29, 1.82) is 0 Å². The van der Waals surface area contributed by atoms with Crippen LogP contribution in [-0.4, -0.2) is 76.3 Å². The van der Waals surface area contributed by atoms with Crippen LogP contribution in [0.15, 0.2) is 24.8 Å². The molecule has 1 unspecified atom stereocenters. The number of phosphoric ester groups is 1. The molecule has 0 saturated carbocycles. The highest BCUT2D eigenvalue weighted by Gasteiger charge is 2.42. The van der Waals surface area contributed by atoms with Gasteiger partial charge in [0.05, 0.1) is 28.0 Å². The molecule has 0 amide bonds. The number of hydrogen-bond acceptors (Lipinski definition) is 10. The molecule has 0 spiro atoms. The maximum Gasteiger partial charge on any atom is 0.469 e. The van der Waals surface area contributed by atoms with Crippen LogP contribution in [0.5, 0.6) is 0 Å². The minimum Gasteiger partial charge on any atom is -0.387 e. The van der Waals surface area contributed by atoms with Gasteiger partial charge in [0.25, 0.3) is 0 Å². The van der Waals surface area contributed by atoms with Gasteiger partial charge in [0.2, 0.25) is 0 Å². The van der Waals surface area contributed by atoms with Crippen molar-refractivity contribution >= 4 is 59.6 Å². The molecule has 1 fully saturated rings. The summed E-state index contributed by atoms with van der Waals surface area (Å²) in [6, 6.07) is 3.52. The molecule has 3 aromatic rings. The van der Waals surface area contributed by atoms with Crippen LogP contribution in [0.3, 0.4) is 0 Å². The molecule has 186 valence electrons. The number of H-pyrrole nitrogens is 1. The lowest BCUT2D eigenvalue weighted by Gasteiger charge is -2.14. The largest absolute Gasteiger partial charge is 0.469 e. The number of aromatic amines is 1. The zero-order chi connectivity index (χ0) is 25.0. The van der Waals surface area contributed by atoms with Gasteiger partial charge in [-0.3, -0.25) is 4.52 Å². The van der Waals surface area contributed by atoms with E-state index in [1.54, 1.807) is 12.4 Å². The number of fused-ring (bicyclic) bond motifs is 1. The molecular weight excluding hydrogens is 540 g/mol. The van der Waals surface area contributed by atoms with Crippen LogP contribution < -0.4 is 5.32 Å². The van der Waals surface area contributed by atoms with Crippen LogP contribution in [0.4, 0.5) is 5.82 Å². The van der Waals surface area contributed by atoms with Crippen LogP contribution in [-0.2, 0) is 20.4 Å². The molecule has 7 N–H and O–H groups in total. The van der Waals surface area contributed by atoms with Crippen LogP contribution >= 0.6 is 42.6 Å². The number of hydrogen-bond donors (Lipinski definition) is 7. The van der Waals surface area contributed by atoms with Crippen molar-refractivity contribution in [2.45, 2.75) is 31.1 Å². The number of aromatic nitrogens is 4. The molecule has 17 heteroatoms. The van der Waals surface area contributed by atoms with E-state index in [0.29, 0.717) is 33.1 Å². The van der Waals surface area contributed by atoms with Crippen molar-refractivity contribution in [2.24, 2.45) is 0 Å². The molecule has 1 aliphatic heterocycles. The lowest BCUT2D eigenvalue weighted by molar-refractivity contribution is -0.132. The normalized spacial score (nSPS) is 22.5. The molecule has 1 aliphatic rings. The first-order valence-corrected chi connectivity index (χ1v) is 12.0. The monoisotopic (exact) mass is 557 g/mol. The summed E-state index contributed by atoms with van der Waals surface area (Å²) in [7, 11) is -4.64. The summed E-state index contributed by atoms with van der Waals surface area (Å²) in [5, 5.41) is 31.4. The van der Waals surface area contributed by atoms with E-state index in [9.17, 15) is 4.57 Å². The van der Waals surface area contributed by atoms with Crippen molar-refractivity contribution in [1.82, 2.24) is 19.9 Å². The second-order valence-electron chi connectivity index (χ2n) is 6.84. The Morgan fingerprint density at radius 1 is 1.09 bits per heavy atom. The number of aliphatic hydroxyl groups excluding tert-OH is 3. The predicted molar refractivity (Wildman–Crippen MR) is 121 cm³/mol. The highest BCUT2D eigenvalue weighted by atomic mass is 35.5. The molecule has 2 aromatic heterocycles. The summed E-state index contributed by atoms with van der Waals surface area (Å²) in [5.41, 5.74) is 2.17. The number of halogens is 3. The number of phosphoric acid groups is 1. The summed E-state index contributed by atoms with van der Waals surface area (Å²) in [6.07, 6.45) is -2.65.